The first-order valence-electron chi connectivity index (χ1n) is 8.06. The minimum atomic E-state index is -2.14. The normalized spacial score (nSPS) is 11.5. The summed E-state index contributed by atoms with van der Waals surface area (Å²) in [6.07, 6.45) is 1.02. The summed E-state index contributed by atoms with van der Waals surface area (Å²) in [4.78, 5) is 15.9. The molecule has 0 aliphatic rings. The van der Waals surface area contributed by atoms with Gasteiger partial charge in [0.25, 0.3) is 0 Å². The van der Waals surface area contributed by atoms with Crippen LogP contribution in [0.5, 0.6) is 5.88 Å². The molecule has 1 heterocycles. The Bertz CT molecular complexity index is 781. The number of allylic oxidation sites excluding steroid dienone is 1. The van der Waals surface area contributed by atoms with Crippen LogP contribution in [-0.4, -0.2) is 29.9 Å². The molecule has 0 spiro atoms. The van der Waals surface area contributed by atoms with E-state index in [0.29, 0.717) is 5.69 Å². The van der Waals surface area contributed by atoms with Gasteiger partial charge in [0.1, 0.15) is 5.76 Å². The van der Waals surface area contributed by atoms with Gasteiger partial charge in [-0.15, -0.1) is 35.9 Å². The SMILES string of the molecule is CC(C)(C)C(=O)/C=C(\O)COB(F)Oc1cccc(-c2[c-]cccc2)n1.[Pt]. The second-order valence-electron chi connectivity index (χ2n) is 6.59. The van der Waals surface area contributed by atoms with E-state index in [1.54, 1.807) is 39.0 Å². The fourth-order valence-corrected chi connectivity index (χ4v) is 1.87. The molecule has 146 valence electrons. The zero-order valence-electron chi connectivity index (χ0n) is 15.2. The molecule has 0 amide bonds. The predicted molar refractivity (Wildman–Crippen MR) is 97.1 cm³/mol. The topological polar surface area (TPSA) is 68.7 Å². The van der Waals surface area contributed by atoms with E-state index < -0.39 is 19.4 Å². The molecule has 2 rings (SSSR count). The number of aromatic nitrogens is 1. The molecule has 27 heavy (non-hydrogen) atoms. The van der Waals surface area contributed by atoms with Gasteiger partial charge in [0.05, 0.1) is 6.61 Å². The van der Waals surface area contributed by atoms with Crippen LogP contribution in [0.4, 0.5) is 4.32 Å². The van der Waals surface area contributed by atoms with Crippen LogP contribution < -0.4 is 4.65 Å². The number of ketones is 1. The van der Waals surface area contributed by atoms with Crippen LogP contribution >= 0.6 is 0 Å². The Hall–Kier alpha value is -1.98. The number of hydrogen-bond donors (Lipinski definition) is 1. The molecule has 2 aromatic rings. The molecule has 0 bridgehead atoms. The number of pyridine rings is 1. The van der Waals surface area contributed by atoms with E-state index in [-0.39, 0.29) is 38.5 Å². The third-order valence-electron chi connectivity index (χ3n) is 3.32. The fraction of sp³-hybridized carbons (Fsp3) is 0.263. The van der Waals surface area contributed by atoms with E-state index in [4.69, 9.17) is 9.31 Å². The van der Waals surface area contributed by atoms with Gasteiger partial charge in [-0.25, -0.2) is 4.32 Å². The van der Waals surface area contributed by atoms with E-state index in [1.165, 1.54) is 6.07 Å². The molecule has 0 atom stereocenters. The van der Waals surface area contributed by atoms with Gasteiger partial charge < -0.3 is 14.4 Å². The third kappa shape index (κ3) is 7.65. The van der Waals surface area contributed by atoms with Gasteiger partial charge in [0.15, 0.2) is 11.7 Å². The van der Waals surface area contributed by atoms with Gasteiger partial charge >= 0.3 is 7.40 Å². The number of rotatable bonds is 7. The van der Waals surface area contributed by atoms with Crippen LogP contribution in [0.25, 0.3) is 11.3 Å². The fourth-order valence-electron chi connectivity index (χ4n) is 1.87. The molecule has 0 unspecified atom stereocenters. The number of carbonyl (C=O) groups excluding carboxylic acids is 1. The summed E-state index contributed by atoms with van der Waals surface area (Å²) in [6, 6.07) is 15.2. The van der Waals surface area contributed by atoms with Crippen molar-refractivity contribution >= 4 is 13.2 Å². The number of nitrogens with zero attached hydrogens (tertiary/aromatic N) is 1. The van der Waals surface area contributed by atoms with E-state index in [1.807, 2.05) is 18.2 Å². The zero-order valence-corrected chi connectivity index (χ0v) is 17.5. The van der Waals surface area contributed by atoms with Gasteiger partial charge in [0, 0.05) is 32.6 Å². The Morgan fingerprint density at radius 3 is 2.67 bits per heavy atom. The third-order valence-corrected chi connectivity index (χ3v) is 3.32. The zero-order chi connectivity index (χ0) is 19.2. The van der Waals surface area contributed by atoms with Gasteiger partial charge in [-0.05, 0) is 11.8 Å². The number of carbonyl (C=O) groups is 1. The van der Waals surface area contributed by atoms with Crippen molar-refractivity contribution in [2.75, 3.05) is 6.61 Å². The van der Waals surface area contributed by atoms with E-state index >= 15 is 0 Å². The minimum absolute atomic E-state index is 0. The largest absolute Gasteiger partial charge is 0.756 e. The van der Waals surface area contributed by atoms with Crippen LogP contribution in [0.3, 0.4) is 0 Å². The minimum Gasteiger partial charge on any atom is -0.510 e. The van der Waals surface area contributed by atoms with Crippen LogP contribution in [0.2, 0.25) is 0 Å². The first-order chi connectivity index (χ1) is 12.3. The first kappa shape index (κ1) is 23.1. The molecular weight excluding hydrogens is 531 g/mol. The Kier molecular flexibility index (Phi) is 8.87. The molecule has 5 nitrogen and oxygen atoms in total. The molecule has 0 aliphatic carbocycles. The van der Waals surface area contributed by atoms with Gasteiger partial charge in [-0.2, -0.15) is 0 Å². The quantitative estimate of drug-likeness (QED) is 0.245. The Morgan fingerprint density at radius 2 is 2.04 bits per heavy atom. The van der Waals surface area contributed by atoms with Crippen molar-refractivity contribution in [2.24, 2.45) is 5.41 Å². The van der Waals surface area contributed by atoms with E-state index in [2.05, 4.69) is 11.1 Å². The maximum Gasteiger partial charge on any atom is 0.756 e. The predicted octanol–water partition coefficient (Wildman–Crippen LogP) is 3.95. The van der Waals surface area contributed by atoms with Gasteiger partial charge in [0.2, 0.25) is 0 Å². The summed E-state index contributed by atoms with van der Waals surface area (Å²) >= 11 is 0. The summed E-state index contributed by atoms with van der Waals surface area (Å²) in [5.74, 6) is -0.637. The molecule has 0 aliphatic heterocycles. The Morgan fingerprint density at radius 1 is 1.30 bits per heavy atom. The standard InChI is InChI=1S/C19H20BFNO4.Pt/c1-19(2,3)17(24)12-15(23)13-25-20(21)26-18-11-7-10-16(22-18)14-8-5-4-6-9-14;/h4-8,10-12,23H,13H2,1-3H3;/q-1;/b15-12-;. The molecule has 1 aromatic carbocycles. The molecular formula is C19H20BFNO4Pt-. The average molecular weight is 551 g/mol. The van der Waals surface area contributed by atoms with Gasteiger partial charge in [-0.1, -0.05) is 32.9 Å². The molecule has 8 heteroatoms. The Balaban J connectivity index is 0.00000364. The number of aliphatic hydroxyl groups is 1. The molecule has 0 fully saturated rings. The maximum absolute atomic E-state index is 13.8. The summed E-state index contributed by atoms with van der Waals surface area (Å²) in [7, 11) is -2.14. The summed E-state index contributed by atoms with van der Waals surface area (Å²) in [5, 5.41) is 9.66. The second kappa shape index (κ2) is 10.4. The number of hydrogen-bond acceptors (Lipinski definition) is 5. The monoisotopic (exact) mass is 551 g/mol. The molecule has 0 radical (unpaired) electrons. The molecule has 0 saturated carbocycles. The van der Waals surface area contributed by atoms with Crippen LogP contribution in [0.1, 0.15) is 20.8 Å². The molecule has 0 saturated heterocycles. The number of halogens is 1. The molecule has 1 aromatic heterocycles. The molecule has 1 N–H and O–H groups in total. The van der Waals surface area contributed by atoms with E-state index in [0.717, 1.165) is 11.6 Å². The van der Waals surface area contributed by atoms with Crippen molar-refractivity contribution in [1.29, 1.82) is 0 Å². The summed E-state index contributed by atoms with van der Waals surface area (Å²) < 4.78 is 23.6. The van der Waals surface area contributed by atoms with Crippen molar-refractivity contribution in [1.82, 2.24) is 4.98 Å². The van der Waals surface area contributed by atoms with Crippen molar-refractivity contribution in [2.45, 2.75) is 20.8 Å². The summed E-state index contributed by atoms with van der Waals surface area (Å²) in [5.41, 5.74) is 0.683. The van der Waals surface area contributed by atoms with E-state index in [9.17, 15) is 14.2 Å². The maximum atomic E-state index is 13.8. The first-order valence-corrected chi connectivity index (χ1v) is 8.06. The smallest absolute Gasteiger partial charge is 0.510 e. The average Bonchev–Trinajstić information content (AvgIpc) is 2.60. The van der Waals surface area contributed by atoms with Crippen molar-refractivity contribution in [3.05, 3.63) is 60.4 Å². The second-order valence-corrected chi connectivity index (χ2v) is 6.59. The van der Waals surface area contributed by atoms with Crippen LogP contribution in [0, 0.1) is 11.5 Å². The van der Waals surface area contributed by atoms with Crippen molar-refractivity contribution < 1.29 is 44.6 Å². The van der Waals surface area contributed by atoms with Crippen LogP contribution in [0.15, 0.2) is 54.3 Å². The van der Waals surface area contributed by atoms with Crippen LogP contribution in [-0.2, 0) is 30.5 Å². The summed E-state index contributed by atoms with van der Waals surface area (Å²) in [6.45, 7) is 4.65. The van der Waals surface area contributed by atoms with Gasteiger partial charge in [-0.3, -0.25) is 9.78 Å². The number of benzene rings is 1. The Labute approximate surface area is 173 Å². The van der Waals surface area contributed by atoms with Crippen molar-refractivity contribution in [3.63, 3.8) is 0 Å². The number of aliphatic hydroxyl groups excluding tert-OH is 1. The van der Waals surface area contributed by atoms with Crippen molar-refractivity contribution in [3.8, 4) is 17.1 Å².